The molecule has 8 nitrogen and oxygen atoms in total. The maximum atomic E-state index is 14.0. The lowest BCUT2D eigenvalue weighted by molar-refractivity contribution is -0.870. The molecule has 0 heterocycles. The summed E-state index contributed by atoms with van der Waals surface area (Å²) >= 11 is 0. The van der Waals surface area contributed by atoms with Crippen LogP contribution in [0.4, 0.5) is 4.79 Å². The van der Waals surface area contributed by atoms with Crippen molar-refractivity contribution in [2.45, 2.75) is 89.2 Å². The number of rotatable bonds is 14. The number of halogens is 1. The van der Waals surface area contributed by atoms with Gasteiger partial charge in [-0.1, -0.05) is 78.9 Å². The van der Waals surface area contributed by atoms with Gasteiger partial charge in [-0.05, 0) is 74.3 Å². The average Bonchev–Trinajstić information content (AvgIpc) is 3.30. The molecule has 0 aliphatic heterocycles. The van der Waals surface area contributed by atoms with Crippen molar-refractivity contribution in [3.05, 3.63) is 107 Å². The molecule has 0 aromatic heterocycles. The van der Waals surface area contributed by atoms with E-state index in [0.29, 0.717) is 19.3 Å². The Hall–Kier alpha value is -2.99. The van der Waals surface area contributed by atoms with Gasteiger partial charge in [0, 0.05) is 18.8 Å². The fourth-order valence-electron chi connectivity index (χ4n) is 6.25. The molecule has 1 aliphatic rings. The molecule has 0 radical (unpaired) electrons. The third-order valence-electron chi connectivity index (χ3n) is 8.66. The number of alkyl carbamates (subject to hydrolysis) is 1. The van der Waals surface area contributed by atoms with Crippen molar-refractivity contribution in [1.82, 2.24) is 10.6 Å². The van der Waals surface area contributed by atoms with Crippen LogP contribution in [0.25, 0.3) is 0 Å². The molecule has 3 aromatic rings. The zero-order chi connectivity index (χ0) is 34.2. The first-order valence-corrected chi connectivity index (χ1v) is 16.8. The smallest absolute Gasteiger partial charge is 0.407 e. The maximum absolute atomic E-state index is 14.0. The average molecular weight is 772 g/mol. The number of nitrogens with one attached hydrogen (secondary N) is 2. The van der Waals surface area contributed by atoms with E-state index in [4.69, 9.17) is 4.74 Å². The highest BCUT2D eigenvalue weighted by molar-refractivity contribution is 5.80. The molecule has 0 saturated heterocycles. The fraction of sp³-hybridized carbons (Fsp3) is 0.487. The van der Waals surface area contributed by atoms with Crippen molar-refractivity contribution in [3.63, 3.8) is 0 Å². The number of hydrogen-bond acceptors (Lipinski definition) is 5. The fourth-order valence-corrected chi connectivity index (χ4v) is 6.25. The van der Waals surface area contributed by atoms with E-state index in [-0.39, 0.29) is 36.3 Å². The van der Waals surface area contributed by atoms with Crippen LogP contribution >= 0.6 is 0 Å². The van der Waals surface area contributed by atoms with Gasteiger partial charge in [0.2, 0.25) is 5.91 Å². The number of carbonyl (C=O) groups excluding carboxylic acids is 2. The molecule has 2 amide bonds. The Balaban J connectivity index is 0.00000625. The Kier molecular flexibility index (Phi) is 14.5. The lowest BCUT2D eigenvalue weighted by atomic mass is 9.88. The van der Waals surface area contributed by atoms with Gasteiger partial charge < -0.3 is 54.0 Å². The highest BCUT2D eigenvalue weighted by atomic mass is 127. The molecule has 0 saturated carbocycles. The standard InChI is InChI=1S/C39H53N3O5.HI/c1-39(2,3)47-38(46)40-33(24-28-13-8-7-9-14-28)34(43)26-31(23-29-20-18-27(19-21-29)15-12-22-42(4,5)6)37(45)41-36-32-17-11-10-16-30(32)25-35(36)44;/h7-11,13-14,16-21,31,33-36,43-44H,12,15,22-26H2,1-6H3,(H-,40,41,45,46);1H/t31-,33-,34-,35+,36-;/m0./s1. The van der Waals surface area contributed by atoms with Crippen LogP contribution in [0.3, 0.4) is 0 Å². The minimum atomic E-state index is -1.05. The van der Waals surface area contributed by atoms with Gasteiger partial charge in [-0.15, -0.1) is 0 Å². The van der Waals surface area contributed by atoms with Crippen molar-refractivity contribution < 1.29 is 53.0 Å². The number of carbonyl (C=O) groups is 2. The molecule has 4 rings (SSSR count). The molecule has 262 valence electrons. The molecular formula is C39H54IN3O5. The molecule has 0 fully saturated rings. The molecule has 0 unspecified atom stereocenters. The van der Waals surface area contributed by atoms with Crippen LogP contribution in [-0.4, -0.2) is 78.2 Å². The zero-order valence-electron chi connectivity index (χ0n) is 29.3. The quantitative estimate of drug-likeness (QED) is 0.149. The third kappa shape index (κ3) is 12.5. The lowest BCUT2D eigenvalue weighted by Crippen LogP contribution is -3.00. The first-order valence-electron chi connectivity index (χ1n) is 16.8. The van der Waals surface area contributed by atoms with Crippen LogP contribution in [0.5, 0.6) is 0 Å². The Bertz CT molecular complexity index is 1450. The number of benzene rings is 3. The van der Waals surface area contributed by atoms with E-state index < -0.39 is 41.9 Å². The van der Waals surface area contributed by atoms with Crippen LogP contribution < -0.4 is 34.6 Å². The Morgan fingerprint density at radius 1 is 0.896 bits per heavy atom. The van der Waals surface area contributed by atoms with E-state index in [1.807, 2.05) is 54.6 Å². The van der Waals surface area contributed by atoms with Gasteiger partial charge in [-0.3, -0.25) is 4.79 Å². The van der Waals surface area contributed by atoms with Gasteiger partial charge in [0.25, 0.3) is 0 Å². The maximum Gasteiger partial charge on any atom is 0.407 e. The summed E-state index contributed by atoms with van der Waals surface area (Å²) in [5.41, 5.74) is 4.41. The van der Waals surface area contributed by atoms with Gasteiger partial charge >= 0.3 is 6.09 Å². The second kappa shape index (κ2) is 17.6. The van der Waals surface area contributed by atoms with Crippen molar-refractivity contribution in [2.24, 2.45) is 5.92 Å². The summed E-state index contributed by atoms with van der Waals surface area (Å²) in [5, 5.41) is 28.6. The zero-order valence-corrected chi connectivity index (χ0v) is 31.4. The third-order valence-corrected chi connectivity index (χ3v) is 8.66. The number of aliphatic hydroxyl groups excluding tert-OH is 2. The highest BCUT2D eigenvalue weighted by Gasteiger charge is 2.35. The minimum Gasteiger partial charge on any atom is -1.00 e. The first-order chi connectivity index (χ1) is 22.2. The molecule has 0 spiro atoms. The molecule has 48 heavy (non-hydrogen) atoms. The van der Waals surface area contributed by atoms with Crippen LogP contribution in [-0.2, 0) is 35.2 Å². The van der Waals surface area contributed by atoms with Crippen LogP contribution in [0.2, 0.25) is 0 Å². The monoisotopic (exact) mass is 771 g/mol. The SMILES string of the molecule is CC(C)(C)OC(=O)N[C@@H](Cc1ccccc1)[C@@H](O)C[C@H](Cc1ccc(CCC[N+](C)(C)C)cc1)C(=O)N[C@H]1c2ccccc2C[C@H]1O.[I-]. The molecule has 3 aromatic carbocycles. The Labute approximate surface area is 303 Å². The molecule has 4 N–H and O–H groups in total. The first kappa shape index (κ1) is 39.4. The van der Waals surface area contributed by atoms with Gasteiger partial charge in [-0.2, -0.15) is 0 Å². The molecule has 5 atom stereocenters. The molecule has 1 aliphatic carbocycles. The van der Waals surface area contributed by atoms with Gasteiger partial charge in [0.05, 0.1) is 52.0 Å². The van der Waals surface area contributed by atoms with E-state index in [0.717, 1.165) is 46.1 Å². The van der Waals surface area contributed by atoms with E-state index in [1.165, 1.54) is 5.56 Å². The van der Waals surface area contributed by atoms with Crippen molar-refractivity contribution in [2.75, 3.05) is 27.7 Å². The number of fused-ring (bicyclic) bond motifs is 1. The number of aryl methyl sites for hydroxylation is 1. The predicted octanol–water partition coefficient (Wildman–Crippen LogP) is 2.15. The second-order valence-corrected chi connectivity index (χ2v) is 15.0. The van der Waals surface area contributed by atoms with Crippen molar-refractivity contribution >= 4 is 12.0 Å². The number of quaternary nitrogens is 1. The van der Waals surface area contributed by atoms with Crippen LogP contribution in [0, 0.1) is 5.92 Å². The predicted molar refractivity (Wildman–Crippen MR) is 186 cm³/mol. The molecular weight excluding hydrogens is 717 g/mol. The number of amides is 2. The minimum absolute atomic E-state index is 0. The topological polar surface area (TPSA) is 108 Å². The summed E-state index contributed by atoms with van der Waals surface area (Å²) < 4.78 is 6.45. The summed E-state index contributed by atoms with van der Waals surface area (Å²) in [4.78, 5) is 26.9. The number of aliphatic hydroxyl groups is 2. The number of ether oxygens (including phenoxy) is 1. The molecule has 0 bridgehead atoms. The van der Waals surface area contributed by atoms with Crippen molar-refractivity contribution in [1.29, 1.82) is 0 Å². The summed E-state index contributed by atoms with van der Waals surface area (Å²) in [7, 11) is 6.58. The normalized spacial score (nSPS) is 17.8. The van der Waals surface area contributed by atoms with E-state index in [9.17, 15) is 19.8 Å². The molecule has 9 heteroatoms. The van der Waals surface area contributed by atoms with E-state index in [1.54, 1.807) is 20.8 Å². The van der Waals surface area contributed by atoms with Gasteiger partial charge in [0.15, 0.2) is 0 Å². The second-order valence-electron chi connectivity index (χ2n) is 15.0. The Morgan fingerprint density at radius 2 is 1.50 bits per heavy atom. The number of hydrogen-bond donors (Lipinski definition) is 4. The van der Waals surface area contributed by atoms with E-state index in [2.05, 4.69) is 56.0 Å². The summed E-state index contributed by atoms with van der Waals surface area (Å²) in [5.74, 6) is -0.861. The summed E-state index contributed by atoms with van der Waals surface area (Å²) in [6.45, 7) is 6.46. The van der Waals surface area contributed by atoms with Crippen LogP contribution in [0.15, 0.2) is 78.9 Å². The largest absolute Gasteiger partial charge is 1.00 e. The van der Waals surface area contributed by atoms with Crippen LogP contribution in [0.1, 0.15) is 67.5 Å². The summed E-state index contributed by atoms with van der Waals surface area (Å²) in [6.07, 6.45) is 1.01. The van der Waals surface area contributed by atoms with Gasteiger partial charge in [0.1, 0.15) is 5.60 Å². The number of nitrogens with zero attached hydrogens (tertiary/aromatic N) is 1. The van der Waals surface area contributed by atoms with Gasteiger partial charge in [-0.25, -0.2) is 4.79 Å². The highest BCUT2D eigenvalue weighted by Crippen LogP contribution is 2.32. The lowest BCUT2D eigenvalue weighted by Gasteiger charge is -2.30. The summed E-state index contributed by atoms with van der Waals surface area (Å²) in [6, 6.07) is 24.6. The Morgan fingerprint density at radius 3 is 2.15 bits per heavy atom. The van der Waals surface area contributed by atoms with Crippen molar-refractivity contribution in [3.8, 4) is 0 Å². The van der Waals surface area contributed by atoms with E-state index >= 15 is 0 Å².